The molecule has 0 fully saturated rings. The van der Waals surface area contributed by atoms with Crippen molar-refractivity contribution in [3.8, 4) is 0 Å². The van der Waals surface area contributed by atoms with E-state index >= 15 is 0 Å². The second kappa shape index (κ2) is 3.98. The van der Waals surface area contributed by atoms with Crippen molar-refractivity contribution in [2.75, 3.05) is 0 Å². The first kappa shape index (κ1) is 10.3. The highest BCUT2D eigenvalue weighted by Gasteiger charge is 2.16. The Hall–Kier alpha value is -0.740. The highest BCUT2D eigenvalue weighted by atomic mass is 35.5. The average molecular weight is 208 g/mol. The smallest absolute Gasteiger partial charge is 0.265 e. The molecule has 2 nitrogen and oxygen atoms in total. The van der Waals surface area contributed by atoms with Gasteiger partial charge in [-0.05, 0) is 6.92 Å². The van der Waals surface area contributed by atoms with Gasteiger partial charge in [0.05, 0.1) is 17.3 Å². The van der Waals surface area contributed by atoms with E-state index in [-0.39, 0.29) is 16.1 Å². The summed E-state index contributed by atoms with van der Waals surface area (Å²) in [5, 5.41) is 8.94. The van der Waals surface area contributed by atoms with Gasteiger partial charge in [-0.1, -0.05) is 11.6 Å². The summed E-state index contributed by atoms with van der Waals surface area (Å²) < 4.78 is 24.6. The predicted octanol–water partition coefficient (Wildman–Crippen LogP) is 2.47. The maximum atomic E-state index is 12.3. The zero-order valence-corrected chi connectivity index (χ0v) is 7.65. The number of alkyl halides is 2. The highest BCUT2D eigenvalue weighted by molar-refractivity contribution is 6.32. The molecule has 0 saturated heterocycles. The van der Waals surface area contributed by atoms with Crippen LogP contribution in [0.3, 0.4) is 0 Å². The van der Waals surface area contributed by atoms with Crippen LogP contribution >= 0.6 is 11.6 Å². The summed E-state index contributed by atoms with van der Waals surface area (Å²) >= 11 is 5.69. The van der Waals surface area contributed by atoms with E-state index < -0.39 is 13.0 Å². The predicted molar refractivity (Wildman–Crippen MR) is 44.9 cm³/mol. The van der Waals surface area contributed by atoms with Crippen LogP contribution < -0.4 is 0 Å². The van der Waals surface area contributed by atoms with Gasteiger partial charge in [0.15, 0.2) is 0 Å². The van der Waals surface area contributed by atoms with Gasteiger partial charge in [0.25, 0.3) is 6.43 Å². The second-order valence-corrected chi connectivity index (χ2v) is 2.93. The summed E-state index contributed by atoms with van der Waals surface area (Å²) in [4.78, 5) is 3.69. The van der Waals surface area contributed by atoms with Crippen molar-refractivity contribution in [1.82, 2.24) is 4.98 Å². The van der Waals surface area contributed by atoms with E-state index in [1.54, 1.807) is 6.92 Å². The molecule has 0 spiro atoms. The summed E-state index contributed by atoms with van der Waals surface area (Å²) in [6, 6.07) is 0. The summed E-state index contributed by atoms with van der Waals surface area (Å²) in [6.07, 6.45) is -1.62. The van der Waals surface area contributed by atoms with E-state index in [2.05, 4.69) is 4.98 Å². The minimum atomic E-state index is -2.66. The number of aryl methyl sites for hydroxylation is 1. The Bertz CT molecular complexity index is 317. The number of pyridine rings is 1. The third-order valence-corrected chi connectivity index (χ3v) is 2.22. The SMILES string of the molecule is Cc1ncc(C(F)F)c(CO)c1Cl. The largest absolute Gasteiger partial charge is 0.392 e. The number of hydrogen-bond acceptors (Lipinski definition) is 2. The quantitative estimate of drug-likeness (QED) is 0.808. The van der Waals surface area contributed by atoms with Crippen molar-refractivity contribution >= 4 is 11.6 Å². The van der Waals surface area contributed by atoms with Gasteiger partial charge in [0, 0.05) is 17.3 Å². The molecule has 1 heterocycles. The Labute approximate surface area is 79.2 Å². The van der Waals surface area contributed by atoms with Crippen LogP contribution in [-0.2, 0) is 6.61 Å². The molecule has 5 heteroatoms. The molecule has 0 amide bonds. The molecule has 13 heavy (non-hydrogen) atoms. The molecule has 0 unspecified atom stereocenters. The van der Waals surface area contributed by atoms with Crippen LogP contribution in [0.2, 0.25) is 5.02 Å². The van der Waals surface area contributed by atoms with Crippen LogP contribution in [0, 0.1) is 6.92 Å². The summed E-state index contributed by atoms with van der Waals surface area (Å²) in [5.41, 5.74) is 0.192. The molecule has 0 bridgehead atoms. The number of aliphatic hydroxyl groups is 1. The third kappa shape index (κ3) is 1.95. The molecule has 0 aromatic carbocycles. The number of nitrogens with zero attached hydrogens (tertiary/aromatic N) is 1. The van der Waals surface area contributed by atoms with Crippen molar-refractivity contribution in [3.05, 3.63) is 28.0 Å². The van der Waals surface area contributed by atoms with Gasteiger partial charge in [-0.3, -0.25) is 4.98 Å². The summed E-state index contributed by atoms with van der Waals surface area (Å²) in [5.74, 6) is 0. The number of hydrogen-bond donors (Lipinski definition) is 1. The zero-order valence-electron chi connectivity index (χ0n) is 6.89. The third-order valence-electron chi connectivity index (χ3n) is 1.72. The Balaban J connectivity index is 3.30. The fraction of sp³-hybridized carbons (Fsp3) is 0.375. The van der Waals surface area contributed by atoms with Gasteiger partial charge in [-0.2, -0.15) is 0 Å². The van der Waals surface area contributed by atoms with Gasteiger partial charge in [-0.25, -0.2) is 8.78 Å². The lowest BCUT2D eigenvalue weighted by atomic mass is 10.1. The van der Waals surface area contributed by atoms with E-state index in [1.165, 1.54) is 0 Å². The topological polar surface area (TPSA) is 33.1 Å². The van der Waals surface area contributed by atoms with E-state index in [0.717, 1.165) is 6.20 Å². The van der Waals surface area contributed by atoms with E-state index in [9.17, 15) is 8.78 Å². The first-order chi connectivity index (χ1) is 6.07. The minimum Gasteiger partial charge on any atom is -0.392 e. The number of halogens is 3. The molecule has 1 aromatic heterocycles. The second-order valence-electron chi connectivity index (χ2n) is 2.55. The van der Waals surface area contributed by atoms with Crippen LogP contribution in [0.15, 0.2) is 6.20 Å². The first-order valence-electron chi connectivity index (χ1n) is 3.60. The normalized spacial score (nSPS) is 10.9. The molecule has 0 radical (unpaired) electrons. The lowest BCUT2D eigenvalue weighted by Crippen LogP contribution is -1.99. The van der Waals surface area contributed by atoms with Crippen molar-refractivity contribution in [1.29, 1.82) is 0 Å². The van der Waals surface area contributed by atoms with Crippen molar-refractivity contribution < 1.29 is 13.9 Å². The molecule has 0 atom stereocenters. The van der Waals surface area contributed by atoms with Crippen LogP contribution in [0.5, 0.6) is 0 Å². The molecule has 0 aliphatic carbocycles. The molecular weight excluding hydrogens is 200 g/mol. The van der Waals surface area contributed by atoms with Crippen LogP contribution in [0.25, 0.3) is 0 Å². The fourth-order valence-electron chi connectivity index (χ4n) is 0.995. The molecule has 0 saturated carbocycles. The van der Waals surface area contributed by atoms with Gasteiger partial charge in [0.1, 0.15) is 0 Å². The van der Waals surface area contributed by atoms with Crippen LogP contribution in [-0.4, -0.2) is 10.1 Å². The van der Waals surface area contributed by atoms with Crippen molar-refractivity contribution in [3.63, 3.8) is 0 Å². The van der Waals surface area contributed by atoms with Gasteiger partial charge in [0.2, 0.25) is 0 Å². The van der Waals surface area contributed by atoms with Crippen LogP contribution in [0.4, 0.5) is 8.78 Å². The Morgan fingerprint density at radius 2 is 2.23 bits per heavy atom. The molecule has 0 aliphatic heterocycles. The van der Waals surface area contributed by atoms with Crippen molar-refractivity contribution in [2.45, 2.75) is 20.0 Å². The maximum Gasteiger partial charge on any atom is 0.265 e. The number of aromatic nitrogens is 1. The van der Waals surface area contributed by atoms with E-state index in [1.807, 2.05) is 0 Å². The molecule has 1 rings (SSSR count). The number of aliphatic hydroxyl groups excluding tert-OH is 1. The molecular formula is C8H8ClF2NO. The lowest BCUT2D eigenvalue weighted by molar-refractivity contribution is 0.146. The number of rotatable bonds is 2. The Kier molecular flexibility index (Phi) is 3.17. The van der Waals surface area contributed by atoms with Crippen molar-refractivity contribution in [2.24, 2.45) is 0 Å². The Morgan fingerprint density at radius 1 is 1.62 bits per heavy atom. The lowest BCUT2D eigenvalue weighted by Gasteiger charge is -2.09. The van der Waals surface area contributed by atoms with E-state index in [4.69, 9.17) is 16.7 Å². The van der Waals surface area contributed by atoms with Gasteiger partial charge < -0.3 is 5.11 Å². The maximum absolute atomic E-state index is 12.3. The summed E-state index contributed by atoms with van der Waals surface area (Å²) in [7, 11) is 0. The molecule has 1 aromatic rings. The van der Waals surface area contributed by atoms with E-state index in [0.29, 0.717) is 5.69 Å². The standard InChI is InChI=1S/C8H8ClF2NO/c1-4-7(9)6(3-13)5(2-12-4)8(10)11/h2,8,13H,3H2,1H3. The molecule has 72 valence electrons. The average Bonchev–Trinajstić information content (AvgIpc) is 2.09. The van der Waals surface area contributed by atoms with Gasteiger partial charge >= 0.3 is 0 Å². The monoisotopic (exact) mass is 207 g/mol. The zero-order chi connectivity index (χ0) is 10.0. The fourth-order valence-corrected chi connectivity index (χ4v) is 1.21. The minimum absolute atomic E-state index is 0.0594. The summed E-state index contributed by atoms with van der Waals surface area (Å²) in [6.45, 7) is 1.10. The first-order valence-corrected chi connectivity index (χ1v) is 3.98. The van der Waals surface area contributed by atoms with Crippen LogP contribution in [0.1, 0.15) is 23.2 Å². The molecule has 1 N–H and O–H groups in total. The Morgan fingerprint density at radius 3 is 2.69 bits per heavy atom. The highest BCUT2D eigenvalue weighted by Crippen LogP contribution is 2.29. The van der Waals surface area contributed by atoms with Gasteiger partial charge in [-0.15, -0.1) is 0 Å². The molecule has 0 aliphatic rings.